The summed E-state index contributed by atoms with van der Waals surface area (Å²) in [6.07, 6.45) is 6.68. The highest BCUT2D eigenvalue weighted by Crippen LogP contribution is 2.41. The molecule has 0 aliphatic heterocycles. The molecular formula is C24H26N2O3. The quantitative estimate of drug-likeness (QED) is 0.659. The van der Waals surface area contributed by atoms with Crippen molar-refractivity contribution >= 4 is 22.5 Å². The molecule has 5 nitrogen and oxygen atoms in total. The van der Waals surface area contributed by atoms with Gasteiger partial charge in [0.25, 0.3) is 0 Å². The molecule has 1 aliphatic rings. The predicted octanol–water partition coefficient (Wildman–Crippen LogP) is 5.09. The number of anilines is 1. The number of carbonyl (C=O) groups is 1. The first kappa shape index (κ1) is 19.2. The number of carbonyl (C=O) groups excluding carboxylic acids is 1. The van der Waals surface area contributed by atoms with E-state index in [0.29, 0.717) is 5.75 Å². The van der Waals surface area contributed by atoms with Gasteiger partial charge in [-0.2, -0.15) is 0 Å². The van der Waals surface area contributed by atoms with E-state index >= 15 is 0 Å². The molecule has 5 heteroatoms. The Hall–Kier alpha value is -3.08. The van der Waals surface area contributed by atoms with Gasteiger partial charge in [0.05, 0.1) is 25.3 Å². The van der Waals surface area contributed by atoms with Gasteiger partial charge in [-0.3, -0.25) is 9.78 Å². The molecule has 1 amide bonds. The van der Waals surface area contributed by atoms with E-state index in [9.17, 15) is 4.79 Å². The molecule has 0 bridgehead atoms. The third-order valence-electron chi connectivity index (χ3n) is 5.99. The molecule has 0 atom stereocenters. The van der Waals surface area contributed by atoms with Crippen LogP contribution in [0, 0.1) is 0 Å². The number of rotatable bonds is 5. The highest BCUT2D eigenvalue weighted by Gasteiger charge is 2.41. The molecule has 150 valence electrons. The predicted molar refractivity (Wildman–Crippen MR) is 115 cm³/mol. The second kappa shape index (κ2) is 8.11. The van der Waals surface area contributed by atoms with Crippen molar-refractivity contribution in [3.63, 3.8) is 0 Å². The molecule has 29 heavy (non-hydrogen) atoms. The number of pyridine rings is 1. The average molecular weight is 390 g/mol. The van der Waals surface area contributed by atoms with Crippen molar-refractivity contribution in [1.82, 2.24) is 4.98 Å². The van der Waals surface area contributed by atoms with E-state index in [1.165, 1.54) is 6.42 Å². The summed E-state index contributed by atoms with van der Waals surface area (Å²) in [5.74, 6) is 1.53. The molecule has 1 N–H and O–H groups in total. The number of hydrogen-bond acceptors (Lipinski definition) is 4. The van der Waals surface area contributed by atoms with Gasteiger partial charge in [0.15, 0.2) is 0 Å². The molecule has 0 radical (unpaired) electrons. The van der Waals surface area contributed by atoms with Crippen LogP contribution in [0.4, 0.5) is 5.69 Å². The van der Waals surface area contributed by atoms with Gasteiger partial charge in [-0.25, -0.2) is 0 Å². The molecule has 2 aromatic carbocycles. The number of nitrogens with one attached hydrogen (secondary N) is 1. The van der Waals surface area contributed by atoms with Gasteiger partial charge >= 0.3 is 0 Å². The Morgan fingerprint density at radius 2 is 1.72 bits per heavy atom. The third-order valence-corrected chi connectivity index (χ3v) is 5.99. The van der Waals surface area contributed by atoms with Crippen LogP contribution in [-0.2, 0) is 10.2 Å². The highest BCUT2D eigenvalue weighted by atomic mass is 16.5. The summed E-state index contributed by atoms with van der Waals surface area (Å²) in [7, 11) is 3.28. The van der Waals surface area contributed by atoms with Crippen LogP contribution in [0.1, 0.15) is 37.7 Å². The maximum Gasteiger partial charge on any atom is 0.235 e. The van der Waals surface area contributed by atoms with Crippen LogP contribution in [0.3, 0.4) is 0 Å². The van der Waals surface area contributed by atoms with E-state index in [4.69, 9.17) is 9.47 Å². The van der Waals surface area contributed by atoms with Crippen molar-refractivity contribution in [2.45, 2.75) is 37.5 Å². The standard InChI is InChI=1S/C24H26N2O3/c1-28-18-10-8-17(9-11-18)24(14-4-3-5-15-24)23(27)26-20-12-13-21(29-2)22-19(20)7-6-16-25-22/h6-13,16H,3-5,14-15H2,1-2H3,(H,26,27). The molecule has 4 rings (SSSR count). The molecule has 3 aromatic rings. The Balaban J connectivity index is 1.72. The van der Waals surface area contributed by atoms with Gasteiger partial charge in [0.1, 0.15) is 17.0 Å². The summed E-state index contributed by atoms with van der Waals surface area (Å²) in [6, 6.07) is 15.5. The maximum atomic E-state index is 13.6. The van der Waals surface area contributed by atoms with Crippen molar-refractivity contribution in [2.75, 3.05) is 19.5 Å². The second-order valence-corrected chi connectivity index (χ2v) is 7.54. The lowest BCUT2D eigenvalue weighted by atomic mass is 9.68. The fraction of sp³-hybridized carbons (Fsp3) is 0.333. The second-order valence-electron chi connectivity index (χ2n) is 7.54. The lowest BCUT2D eigenvalue weighted by Crippen LogP contribution is -2.42. The van der Waals surface area contributed by atoms with Crippen LogP contribution in [0.2, 0.25) is 0 Å². The van der Waals surface area contributed by atoms with E-state index in [1.54, 1.807) is 20.4 Å². The number of nitrogens with zero attached hydrogens (tertiary/aromatic N) is 1. The smallest absolute Gasteiger partial charge is 0.235 e. The molecule has 1 saturated carbocycles. The number of benzene rings is 2. The van der Waals surface area contributed by atoms with E-state index in [-0.39, 0.29) is 5.91 Å². The average Bonchev–Trinajstić information content (AvgIpc) is 2.79. The summed E-state index contributed by atoms with van der Waals surface area (Å²) in [6.45, 7) is 0. The molecule has 0 unspecified atom stereocenters. The van der Waals surface area contributed by atoms with Crippen molar-refractivity contribution in [1.29, 1.82) is 0 Å². The Bertz CT molecular complexity index is 1010. The van der Waals surface area contributed by atoms with Crippen LogP contribution in [0.25, 0.3) is 10.9 Å². The first-order valence-electron chi connectivity index (χ1n) is 10.1. The van der Waals surface area contributed by atoms with Crippen LogP contribution < -0.4 is 14.8 Å². The minimum absolute atomic E-state index is 0.0395. The summed E-state index contributed by atoms with van der Waals surface area (Å²) >= 11 is 0. The van der Waals surface area contributed by atoms with Crippen LogP contribution in [0.15, 0.2) is 54.7 Å². The minimum atomic E-state index is -0.529. The Morgan fingerprint density at radius 1 is 0.966 bits per heavy atom. The van der Waals surface area contributed by atoms with E-state index < -0.39 is 5.41 Å². The number of aromatic nitrogens is 1. The van der Waals surface area contributed by atoms with E-state index in [1.807, 2.05) is 48.5 Å². The fourth-order valence-corrected chi connectivity index (χ4v) is 4.37. The van der Waals surface area contributed by atoms with Crippen molar-refractivity contribution in [3.8, 4) is 11.5 Å². The van der Waals surface area contributed by atoms with Crippen molar-refractivity contribution < 1.29 is 14.3 Å². The highest BCUT2D eigenvalue weighted by molar-refractivity contribution is 6.06. The number of hydrogen-bond donors (Lipinski definition) is 1. The zero-order valence-corrected chi connectivity index (χ0v) is 16.9. The SMILES string of the molecule is COc1ccc(C2(C(=O)Nc3ccc(OC)c4ncccc34)CCCCC2)cc1. The maximum absolute atomic E-state index is 13.6. The first-order valence-corrected chi connectivity index (χ1v) is 10.1. The third kappa shape index (κ3) is 3.53. The number of ether oxygens (including phenoxy) is 2. The molecule has 1 heterocycles. The van der Waals surface area contributed by atoms with Gasteiger partial charge in [0, 0.05) is 11.6 Å². The summed E-state index contributed by atoms with van der Waals surface area (Å²) < 4.78 is 10.7. The van der Waals surface area contributed by atoms with Gasteiger partial charge in [-0.1, -0.05) is 31.4 Å². The monoisotopic (exact) mass is 390 g/mol. The van der Waals surface area contributed by atoms with Gasteiger partial charge < -0.3 is 14.8 Å². The molecule has 0 saturated heterocycles. The van der Waals surface area contributed by atoms with Crippen molar-refractivity contribution in [3.05, 3.63) is 60.3 Å². The van der Waals surface area contributed by atoms with Gasteiger partial charge in [-0.15, -0.1) is 0 Å². The molecular weight excluding hydrogens is 364 g/mol. The normalized spacial score (nSPS) is 15.7. The number of methoxy groups -OCH3 is 2. The lowest BCUT2D eigenvalue weighted by Gasteiger charge is -2.36. The lowest BCUT2D eigenvalue weighted by molar-refractivity contribution is -0.122. The summed E-state index contributed by atoms with van der Waals surface area (Å²) in [5.41, 5.74) is 2.03. The topological polar surface area (TPSA) is 60.5 Å². The van der Waals surface area contributed by atoms with Gasteiger partial charge in [0.2, 0.25) is 5.91 Å². The van der Waals surface area contributed by atoms with Crippen LogP contribution >= 0.6 is 0 Å². The summed E-state index contributed by atoms with van der Waals surface area (Å²) in [4.78, 5) is 18.1. The number of fused-ring (bicyclic) bond motifs is 1. The van der Waals surface area contributed by atoms with E-state index in [2.05, 4.69) is 10.3 Å². The first-order chi connectivity index (χ1) is 14.2. The molecule has 1 fully saturated rings. The zero-order valence-electron chi connectivity index (χ0n) is 16.9. The number of amides is 1. The van der Waals surface area contributed by atoms with Gasteiger partial charge in [-0.05, 0) is 54.8 Å². The minimum Gasteiger partial charge on any atom is -0.497 e. The Morgan fingerprint density at radius 3 is 2.41 bits per heavy atom. The molecule has 1 aromatic heterocycles. The summed E-state index contributed by atoms with van der Waals surface area (Å²) in [5, 5.41) is 4.08. The Labute approximate surface area is 171 Å². The Kier molecular flexibility index (Phi) is 5.38. The van der Waals surface area contributed by atoms with Crippen LogP contribution in [-0.4, -0.2) is 25.1 Å². The van der Waals surface area contributed by atoms with E-state index in [0.717, 1.165) is 53.6 Å². The molecule has 0 spiro atoms. The fourth-order valence-electron chi connectivity index (χ4n) is 4.37. The van der Waals surface area contributed by atoms with Crippen LogP contribution in [0.5, 0.6) is 11.5 Å². The zero-order chi connectivity index (χ0) is 20.3. The largest absolute Gasteiger partial charge is 0.497 e. The van der Waals surface area contributed by atoms with Crippen molar-refractivity contribution in [2.24, 2.45) is 0 Å². The molecule has 1 aliphatic carbocycles.